The topological polar surface area (TPSA) is 66.5 Å². The normalized spacial score (nSPS) is 17.6. The first kappa shape index (κ1) is 23.2. The number of benzene rings is 2. The Hall–Kier alpha value is -2.95. The molecule has 0 spiro atoms. The van der Waals surface area contributed by atoms with Crippen LogP contribution in [0.4, 0.5) is 0 Å². The van der Waals surface area contributed by atoms with Gasteiger partial charge in [0.2, 0.25) is 5.91 Å². The van der Waals surface area contributed by atoms with E-state index in [1.54, 1.807) is 18.2 Å². The van der Waals surface area contributed by atoms with Gasteiger partial charge < -0.3 is 10.2 Å². The molecule has 1 aliphatic carbocycles. The third-order valence-corrected chi connectivity index (χ3v) is 7.28. The van der Waals surface area contributed by atoms with Crippen LogP contribution in [0.25, 0.3) is 0 Å². The van der Waals surface area contributed by atoms with Crippen LogP contribution in [0, 0.1) is 19.8 Å². The molecule has 1 saturated heterocycles. The summed E-state index contributed by atoms with van der Waals surface area (Å²) in [5, 5.41) is 3.22. The van der Waals surface area contributed by atoms with Crippen molar-refractivity contribution in [1.29, 1.82) is 0 Å². The molecule has 4 rings (SSSR count). The average Bonchev–Trinajstić information content (AvgIpc) is 2.86. The molecule has 1 aliphatic heterocycles. The zero-order valence-corrected chi connectivity index (χ0v) is 19.7. The molecule has 174 valence electrons. The third-order valence-electron chi connectivity index (χ3n) is 7.28. The summed E-state index contributed by atoms with van der Waals surface area (Å²) in [4.78, 5) is 41.0. The number of aryl methyl sites for hydroxylation is 2. The van der Waals surface area contributed by atoms with Crippen LogP contribution in [0.3, 0.4) is 0 Å². The largest absolute Gasteiger partial charge is 0.353 e. The number of carbonyl (C=O) groups is 3. The van der Waals surface area contributed by atoms with Crippen molar-refractivity contribution in [2.45, 2.75) is 64.8 Å². The number of rotatable bonds is 5. The highest BCUT2D eigenvalue weighted by atomic mass is 16.2. The van der Waals surface area contributed by atoms with Crippen molar-refractivity contribution in [3.8, 4) is 0 Å². The number of ketones is 1. The molecule has 1 N–H and O–H groups in total. The van der Waals surface area contributed by atoms with Crippen molar-refractivity contribution >= 4 is 17.6 Å². The lowest BCUT2D eigenvalue weighted by molar-refractivity contribution is -0.126. The van der Waals surface area contributed by atoms with Gasteiger partial charge in [0.1, 0.15) is 0 Å². The number of hydrogen-bond donors (Lipinski definition) is 1. The predicted molar refractivity (Wildman–Crippen MR) is 129 cm³/mol. The molecule has 1 heterocycles. The molecular formula is C28H34N2O3. The molecule has 1 saturated carbocycles. The molecule has 33 heavy (non-hydrogen) atoms. The summed E-state index contributed by atoms with van der Waals surface area (Å²) in [6.07, 6.45) is 7.01. The quantitative estimate of drug-likeness (QED) is 0.669. The standard InChI is InChI=1S/C28H34N2O3/c1-19-12-13-22(18-20(19)2)26(31)24-10-6-7-11-25(24)28(33)30-16-14-23(15-17-30)29-27(32)21-8-4-3-5-9-21/h6-7,10-13,18,21,23H,3-5,8-9,14-17H2,1-2H3,(H,29,32). The third kappa shape index (κ3) is 5.35. The number of carbonyl (C=O) groups excluding carboxylic acids is 3. The van der Waals surface area contributed by atoms with E-state index >= 15 is 0 Å². The highest BCUT2D eigenvalue weighted by Gasteiger charge is 2.29. The number of likely N-dealkylation sites (tertiary alicyclic amines) is 1. The van der Waals surface area contributed by atoms with Crippen molar-refractivity contribution in [2.24, 2.45) is 5.92 Å². The van der Waals surface area contributed by atoms with Crippen LogP contribution in [0.15, 0.2) is 42.5 Å². The Morgan fingerprint density at radius 2 is 1.48 bits per heavy atom. The Morgan fingerprint density at radius 1 is 0.818 bits per heavy atom. The molecular weight excluding hydrogens is 412 g/mol. The lowest BCUT2D eigenvalue weighted by atomic mass is 9.88. The molecule has 2 amide bonds. The first-order valence-corrected chi connectivity index (χ1v) is 12.2. The fourth-order valence-corrected chi connectivity index (χ4v) is 4.99. The molecule has 2 aromatic carbocycles. The second kappa shape index (κ2) is 10.3. The highest BCUT2D eigenvalue weighted by molar-refractivity contribution is 6.15. The minimum absolute atomic E-state index is 0.111. The lowest BCUT2D eigenvalue weighted by Gasteiger charge is -2.34. The van der Waals surface area contributed by atoms with Gasteiger partial charge >= 0.3 is 0 Å². The van der Waals surface area contributed by atoms with Crippen molar-refractivity contribution in [1.82, 2.24) is 10.2 Å². The number of nitrogens with one attached hydrogen (secondary N) is 1. The Morgan fingerprint density at radius 3 is 2.15 bits per heavy atom. The van der Waals surface area contributed by atoms with Crippen molar-refractivity contribution < 1.29 is 14.4 Å². The second-order valence-electron chi connectivity index (χ2n) is 9.58. The monoisotopic (exact) mass is 446 g/mol. The van der Waals surface area contributed by atoms with Crippen LogP contribution >= 0.6 is 0 Å². The van der Waals surface area contributed by atoms with Crippen LogP contribution in [-0.2, 0) is 4.79 Å². The summed E-state index contributed by atoms with van der Waals surface area (Å²) in [5.41, 5.74) is 3.68. The van der Waals surface area contributed by atoms with E-state index in [9.17, 15) is 14.4 Å². The van der Waals surface area contributed by atoms with Crippen molar-refractivity contribution in [2.75, 3.05) is 13.1 Å². The van der Waals surface area contributed by atoms with E-state index in [0.717, 1.165) is 49.7 Å². The molecule has 0 radical (unpaired) electrons. The van der Waals surface area contributed by atoms with Crippen LogP contribution in [0.5, 0.6) is 0 Å². The van der Waals surface area contributed by atoms with Gasteiger partial charge in [-0.15, -0.1) is 0 Å². The van der Waals surface area contributed by atoms with Crippen LogP contribution in [0.2, 0.25) is 0 Å². The summed E-state index contributed by atoms with van der Waals surface area (Å²) < 4.78 is 0. The fourth-order valence-electron chi connectivity index (χ4n) is 4.99. The second-order valence-corrected chi connectivity index (χ2v) is 9.58. The SMILES string of the molecule is Cc1ccc(C(=O)c2ccccc2C(=O)N2CCC(NC(=O)C3CCCCC3)CC2)cc1C. The zero-order valence-electron chi connectivity index (χ0n) is 19.7. The molecule has 0 unspecified atom stereocenters. The van der Waals surface area contributed by atoms with Crippen molar-refractivity contribution in [3.63, 3.8) is 0 Å². The maximum Gasteiger partial charge on any atom is 0.254 e. The van der Waals surface area contributed by atoms with Gasteiger partial charge in [-0.05, 0) is 62.8 Å². The Bertz CT molecular complexity index is 1030. The van der Waals surface area contributed by atoms with Gasteiger partial charge in [0.15, 0.2) is 5.78 Å². The number of hydrogen-bond acceptors (Lipinski definition) is 3. The van der Waals surface area contributed by atoms with E-state index in [4.69, 9.17) is 0 Å². The number of amides is 2. The molecule has 2 fully saturated rings. The lowest BCUT2D eigenvalue weighted by Crippen LogP contribution is -2.48. The van der Waals surface area contributed by atoms with Gasteiger partial charge in [-0.25, -0.2) is 0 Å². The molecule has 2 aromatic rings. The van der Waals surface area contributed by atoms with Crippen molar-refractivity contribution in [3.05, 3.63) is 70.3 Å². The summed E-state index contributed by atoms with van der Waals surface area (Å²) in [6, 6.07) is 12.9. The van der Waals surface area contributed by atoms with Crippen LogP contribution < -0.4 is 5.32 Å². The minimum Gasteiger partial charge on any atom is -0.353 e. The van der Waals surface area contributed by atoms with E-state index in [1.807, 2.05) is 43.0 Å². The smallest absolute Gasteiger partial charge is 0.254 e. The molecule has 2 aliphatic rings. The highest BCUT2D eigenvalue weighted by Crippen LogP contribution is 2.25. The summed E-state index contributed by atoms with van der Waals surface area (Å²) >= 11 is 0. The fraction of sp³-hybridized carbons (Fsp3) is 0.464. The van der Waals surface area contributed by atoms with Gasteiger partial charge in [0.05, 0.1) is 5.56 Å². The molecule has 5 nitrogen and oxygen atoms in total. The maximum absolute atomic E-state index is 13.3. The predicted octanol–water partition coefficient (Wildman–Crippen LogP) is 4.84. The van der Waals surface area contributed by atoms with Gasteiger partial charge in [-0.2, -0.15) is 0 Å². The van der Waals surface area contributed by atoms with Crippen LogP contribution in [-0.4, -0.2) is 41.6 Å². The van der Waals surface area contributed by atoms with Gasteiger partial charge in [0, 0.05) is 36.2 Å². The van der Waals surface area contributed by atoms with Gasteiger partial charge in [-0.1, -0.05) is 49.6 Å². The minimum atomic E-state index is -0.128. The Kier molecular flexibility index (Phi) is 7.26. The molecule has 0 atom stereocenters. The Labute approximate surface area is 196 Å². The van der Waals surface area contributed by atoms with Gasteiger partial charge in [0.25, 0.3) is 5.91 Å². The van der Waals surface area contributed by atoms with E-state index in [1.165, 1.54) is 6.42 Å². The van der Waals surface area contributed by atoms with E-state index in [-0.39, 0.29) is 29.6 Å². The maximum atomic E-state index is 13.3. The molecule has 0 aromatic heterocycles. The van der Waals surface area contributed by atoms with E-state index < -0.39 is 0 Å². The Balaban J connectivity index is 1.40. The molecule has 5 heteroatoms. The average molecular weight is 447 g/mol. The summed E-state index contributed by atoms with van der Waals surface area (Å²) in [6.45, 7) is 5.17. The van der Waals surface area contributed by atoms with E-state index in [2.05, 4.69) is 5.32 Å². The summed E-state index contributed by atoms with van der Waals surface area (Å²) in [5.74, 6) is 0.0991. The van der Waals surface area contributed by atoms with Crippen LogP contribution in [0.1, 0.15) is 82.4 Å². The number of nitrogens with zero attached hydrogens (tertiary/aromatic N) is 1. The first-order valence-electron chi connectivity index (χ1n) is 12.2. The van der Waals surface area contributed by atoms with E-state index in [0.29, 0.717) is 29.8 Å². The first-order chi connectivity index (χ1) is 15.9. The van der Waals surface area contributed by atoms with Gasteiger partial charge in [-0.3, -0.25) is 14.4 Å². The summed E-state index contributed by atoms with van der Waals surface area (Å²) in [7, 11) is 0. The number of piperidine rings is 1. The zero-order chi connectivity index (χ0) is 23.4. The molecule has 0 bridgehead atoms.